The van der Waals surface area contributed by atoms with Crippen molar-refractivity contribution in [1.82, 2.24) is 10.2 Å². The third-order valence-electron chi connectivity index (χ3n) is 2.45. The second kappa shape index (κ2) is 2.94. The van der Waals surface area contributed by atoms with E-state index in [1.807, 2.05) is 0 Å². The molecule has 1 N–H and O–H groups in total. The van der Waals surface area contributed by atoms with E-state index in [4.69, 9.17) is 0 Å². The van der Waals surface area contributed by atoms with Crippen molar-refractivity contribution in [3.8, 4) is 0 Å². The fourth-order valence-electron chi connectivity index (χ4n) is 1.78. The van der Waals surface area contributed by atoms with E-state index in [1.54, 1.807) is 0 Å². The lowest BCUT2D eigenvalue weighted by Gasteiger charge is -2.18. The van der Waals surface area contributed by atoms with E-state index in [0.717, 1.165) is 4.90 Å². The summed E-state index contributed by atoms with van der Waals surface area (Å²) < 4.78 is 22.3. The summed E-state index contributed by atoms with van der Waals surface area (Å²) in [7, 11) is -3.05. The van der Waals surface area contributed by atoms with Gasteiger partial charge in [0, 0.05) is 0 Å². The van der Waals surface area contributed by atoms with Gasteiger partial charge in [0.15, 0.2) is 9.84 Å². The van der Waals surface area contributed by atoms with Gasteiger partial charge in [0.25, 0.3) is 0 Å². The van der Waals surface area contributed by atoms with Crippen LogP contribution >= 0.6 is 0 Å². The number of hydrogen-bond donors (Lipinski definition) is 1. The number of sulfone groups is 1. The van der Waals surface area contributed by atoms with E-state index in [1.165, 1.54) is 0 Å². The second-order valence-corrected chi connectivity index (χ2v) is 5.71. The highest BCUT2D eigenvalue weighted by atomic mass is 32.2. The molecule has 0 aromatic heterocycles. The molecule has 0 radical (unpaired) electrons. The van der Waals surface area contributed by atoms with Crippen LogP contribution in [0.1, 0.15) is 6.42 Å². The molecule has 3 amide bonds. The number of nitrogens with zero attached hydrogens (tertiary/aromatic N) is 1. The fraction of sp³-hybridized carbons (Fsp3) is 0.714. The van der Waals surface area contributed by atoms with Crippen molar-refractivity contribution in [2.45, 2.75) is 12.5 Å². The Balaban J connectivity index is 2.17. The Morgan fingerprint density at radius 3 is 2.50 bits per heavy atom. The third kappa shape index (κ3) is 1.47. The first-order valence-corrected chi connectivity index (χ1v) is 6.12. The molecule has 1 atom stereocenters. The highest BCUT2D eigenvalue weighted by Gasteiger charge is 2.40. The van der Waals surface area contributed by atoms with Crippen molar-refractivity contribution in [3.05, 3.63) is 0 Å². The Labute approximate surface area is 81.2 Å². The zero-order valence-electron chi connectivity index (χ0n) is 7.39. The Hall–Kier alpha value is -1.11. The number of amides is 3. The Kier molecular flexibility index (Phi) is 1.99. The molecule has 6 nitrogen and oxygen atoms in total. The number of hydrogen-bond acceptors (Lipinski definition) is 4. The van der Waals surface area contributed by atoms with Gasteiger partial charge in [-0.1, -0.05) is 0 Å². The first-order chi connectivity index (χ1) is 6.49. The quantitative estimate of drug-likeness (QED) is 0.556. The first-order valence-electron chi connectivity index (χ1n) is 4.30. The molecule has 2 heterocycles. The molecule has 2 fully saturated rings. The van der Waals surface area contributed by atoms with Gasteiger partial charge in [0.1, 0.15) is 0 Å². The van der Waals surface area contributed by atoms with Crippen LogP contribution in [0.2, 0.25) is 0 Å². The number of carbonyl (C=O) groups is 2. The molecule has 7 heteroatoms. The maximum absolute atomic E-state index is 11.2. The van der Waals surface area contributed by atoms with Gasteiger partial charge in [0.05, 0.1) is 24.1 Å². The van der Waals surface area contributed by atoms with E-state index in [0.29, 0.717) is 6.42 Å². The summed E-state index contributed by atoms with van der Waals surface area (Å²) in [6, 6.07) is -0.938. The van der Waals surface area contributed by atoms with Crippen molar-refractivity contribution < 1.29 is 18.0 Å². The molecule has 0 aromatic rings. The molecule has 2 rings (SSSR count). The summed E-state index contributed by atoms with van der Waals surface area (Å²) in [6.07, 6.45) is 0.363. The van der Waals surface area contributed by atoms with Gasteiger partial charge in [0.2, 0.25) is 5.91 Å². The molecule has 0 saturated carbocycles. The molecule has 2 aliphatic rings. The average Bonchev–Trinajstić information content (AvgIpc) is 2.56. The van der Waals surface area contributed by atoms with Gasteiger partial charge >= 0.3 is 6.03 Å². The number of urea groups is 1. The lowest BCUT2D eigenvalue weighted by atomic mass is 10.2. The SMILES string of the molecule is O=C1CNC(=O)N1C1CCS(=O)(=O)C1. The van der Waals surface area contributed by atoms with E-state index < -0.39 is 21.9 Å². The van der Waals surface area contributed by atoms with Crippen LogP contribution in [-0.2, 0) is 14.6 Å². The van der Waals surface area contributed by atoms with Crippen LogP contribution in [0.25, 0.3) is 0 Å². The molecule has 78 valence electrons. The molecule has 0 aromatic carbocycles. The molecule has 0 aliphatic carbocycles. The average molecular weight is 218 g/mol. The molecule has 1 unspecified atom stereocenters. The Morgan fingerprint density at radius 2 is 2.07 bits per heavy atom. The maximum atomic E-state index is 11.2. The second-order valence-electron chi connectivity index (χ2n) is 3.48. The minimum atomic E-state index is -3.05. The predicted octanol–water partition coefficient (Wildman–Crippen LogP) is -1.27. The summed E-state index contributed by atoms with van der Waals surface area (Å²) in [6.45, 7) is -0.0185. The van der Waals surface area contributed by atoms with Gasteiger partial charge in [-0.3, -0.25) is 9.69 Å². The standard InChI is InChI=1S/C7H10N2O4S/c10-6-3-8-7(11)9(6)5-1-2-14(12,13)4-5/h5H,1-4H2,(H,8,11). The van der Waals surface area contributed by atoms with Crippen LogP contribution in [0.3, 0.4) is 0 Å². The number of rotatable bonds is 1. The Bertz CT molecular complexity index is 372. The zero-order valence-corrected chi connectivity index (χ0v) is 8.21. The Morgan fingerprint density at radius 1 is 1.36 bits per heavy atom. The minimum Gasteiger partial charge on any atom is -0.329 e. The summed E-state index contributed by atoms with van der Waals surface area (Å²) in [5, 5.41) is 2.37. The van der Waals surface area contributed by atoms with Crippen molar-refractivity contribution in [3.63, 3.8) is 0 Å². The smallest absolute Gasteiger partial charge is 0.324 e. The zero-order chi connectivity index (χ0) is 10.3. The topological polar surface area (TPSA) is 83.6 Å². The van der Waals surface area contributed by atoms with Crippen LogP contribution < -0.4 is 5.32 Å². The molecule has 0 bridgehead atoms. The summed E-state index contributed by atoms with van der Waals surface area (Å²) in [4.78, 5) is 23.4. The predicted molar refractivity (Wildman–Crippen MR) is 47.3 cm³/mol. The normalized spacial score (nSPS) is 30.9. The molecule has 14 heavy (non-hydrogen) atoms. The summed E-state index contributed by atoms with van der Waals surface area (Å²) in [5.74, 6) is -0.363. The summed E-state index contributed by atoms with van der Waals surface area (Å²) in [5.41, 5.74) is 0. The number of carbonyl (C=O) groups excluding carboxylic acids is 2. The van der Waals surface area contributed by atoms with Crippen LogP contribution in [0.5, 0.6) is 0 Å². The molecule has 0 spiro atoms. The maximum Gasteiger partial charge on any atom is 0.324 e. The largest absolute Gasteiger partial charge is 0.329 e. The number of imide groups is 1. The first kappa shape index (κ1) is 9.45. The highest BCUT2D eigenvalue weighted by Crippen LogP contribution is 2.19. The van der Waals surface area contributed by atoms with Gasteiger partial charge in [-0.15, -0.1) is 0 Å². The van der Waals surface area contributed by atoms with Crippen molar-refractivity contribution in [2.24, 2.45) is 0 Å². The van der Waals surface area contributed by atoms with Crippen LogP contribution in [0.15, 0.2) is 0 Å². The van der Waals surface area contributed by atoms with Crippen LogP contribution in [-0.4, -0.2) is 49.3 Å². The van der Waals surface area contributed by atoms with Gasteiger partial charge in [-0.25, -0.2) is 13.2 Å². The van der Waals surface area contributed by atoms with Crippen molar-refractivity contribution in [2.75, 3.05) is 18.1 Å². The van der Waals surface area contributed by atoms with Gasteiger partial charge in [-0.05, 0) is 6.42 Å². The van der Waals surface area contributed by atoms with Crippen molar-refractivity contribution >= 4 is 21.8 Å². The molecule has 2 aliphatic heterocycles. The molecular weight excluding hydrogens is 208 g/mol. The van der Waals surface area contributed by atoms with E-state index in [-0.39, 0.29) is 24.0 Å². The molecule has 2 saturated heterocycles. The van der Waals surface area contributed by atoms with E-state index in [2.05, 4.69) is 5.32 Å². The van der Waals surface area contributed by atoms with Crippen molar-refractivity contribution in [1.29, 1.82) is 0 Å². The molecular formula is C7H10N2O4S. The fourth-order valence-corrected chi connectivity index (χ4v) is 3.48. The van der Waals surface area contributed by atoms with Crippen LogP contribution in [0.4, 0.5) is 4.79 Å². The lowest BCUT2D eigenvalue weighted by Crippen LogP contribution is -2.41. The van der Waals surface area contributed by atoms with E-state index in [9.17, 15) is 18.0 Å². The number of nitrogens with one attached hydrogen (secondary N) is 1. The third-order valence-corrected chi connectivity index (χ3v) is 4.20. The minimum absolute atomic E-state index is 0.0185. The highest BCUT2D eigenvalue weighted by molar-refractivity contribution is 7.91. The van der Waals surface area contributed by atoms with Gasteiger partial charge < -0.3 is 5.32 Å². The monoisotopic (exact) mass is 218 g/mol. The summed E-state index contributed by atoms with van der Waals surface area (Å²) >= 11 is 0. The van der Waals surface area contributed by atoms with E-state index >= 15 is 0 Å². The van der Waals surface area contributed by atoms with Crippen LogP contribution in [0, 0.1) is 0 Å². The van der Waals surface area contributed by atoms with Gasteiger partial charge in [-0.2, -0.15) is 0 Å². The lowest BCUT2D eigenvalue weighted by molar-refractivity contribution is -0.126.